The second-order valence-electron chi connectivity index (χ2n) is 3.27. The van der Waals surface area contributed by atoms with Gasteiger partial charge in [0.25, 0.3) is 0 Å². The zero-order chi connectivity index (χ0) is 12.3. The number of rotatable bonds is 3. The van der Waals surface area contributed by atoms with Gasteiger partial charge in [-0.1, -0.05) is 6.07 Å². The summed E-state index contributed by atoms with van der Waals surface area (Å²) in [4.78, 5) is 10.4. The Hall–Kier alpha value is -1.59. The van der Waals surface area contributed by atoms with Gasteiger partial charge in [-0.25, -0.2) is 4.39 Å². The summed E-state index contributed by atoms with van der Waals surface area (Å²) in [6.45, 7) is 0. The van der Waals surface area contributed by atoms with E-state index in [0.29, 0.717) is 6.07 Å². The van der Waals surface area contributed by atoms with Gasteiger partial charge in [0, 0.05) is 6.42 Å². The topological polar surface area (TPSA) is 43.1 Å². The van der Waals surface area contributed by atoms with Crippen molar-refractivity contribution < 1.29 is 22.4 Å². The zero-order valence-corrected chi connectivity index (χ0v) is 8.14. The van der Waals surface area contributed by atoms with Gasteiger partial charge in [-0.2, -0.15) is 13.2 Å². The minimum atomic E-state index is -4.57. The van der Waals surface area contributed by atoms with Crippen LogP contribution in [0.4, 0.5) is 17.6 Å². The van der Waals surface area contributed by atoms with Crippen molar-refractivity contribution in [1.82, 2.24) is 0 Å². The van der Waals surface area contributed by atoms with Crippen LogP contribution < -0.4 is 5.73 Å². The molecule has 0 aliphatic rings. The third kappa shape index (κ3) is 3.22. The van der Waals surface area contributed by atoms with Crippen LogP contribution in [0.3, 0.4) is 0 Å². The summed E-state index contributed by atoms with van der Waals surface area (Å²) in [6.07, 6.45) is -4.66. The van der Waals surface area contributed by atoms with Crippen LogP contribution in [0, 0.1) is 5.82 Å². The van der Waals surface area contributed by atoms with E-state index in [1.807, 2.05) is 0 Å². The molecule has 88 valence electrons. The summed E-state index contributed by atoms with van der Waals surface area (Å²) >= 11 is 0. The van der Waals surface area contributed by atoms with Crippen molar-refractivity contribution in [2.75, 3.05) is 0 Å². The average Bonchev–Trinajstić information content (AvgIpc) is 2.14. The van der Waals surface area contributed by atoms with Gasteiger partial charge >= 0.3 is 6.18 Å². The predicted octanol–water partition coefficient (Wildman–Crippen LogP) is 2.26. The van der Waals surface area contributed by atoms with Gasteiger partial charge in [-0.05, 0) is 24.1 Å². The highest BCUT2D eigenvalue weighted by Gasteiger charge is 2.31. The molecule has 0 saturated carbocycles. The molecule has 1 amide bonds. The number of benzene rings is 1. The van der Waals surface area contributed by atoms with Crippen molar-refractivity contribution in [2.45, 2.75) is 19.0 Å². The molecule has 0 bridgehead atoms. The van der Waals surface area contributed by atoms with E-state index in [4.69, 9.17) is 5.73 Å². The van der Waals surface area contributed by atoms with Gasteiger partial charge in [-0.15, -0.1) is 0 Å². The van der Waals surface area contributed by atoms with Crippen molar-refractivity contribution in [3.8, 4) is 0 Å². The lowest BCUT2D eigenvalue weighted by molar-refractivity contribution is -0.137. The van der Waals surface area contributed by atoms with Crippen LogP contribution in [0.25, 0.3) is 0 Å². The number of nitrogens with two attached hydrogens (primary N) is 1. The first-order valence-electron chi connectivity index (χ1n) is 4.44. The summed E-state index contributed by atoms with van der Waals surface area (Å²) in [6, 6.07) is 2.21. The molecule has 0 atom stereocenters. The second-order valence-corrected chi connectivity index (χ2v) is 3.27. The Morgan fingerprint density at radius 3 is 2.38 bits per heavy atom. The Kier molecular flexibility index (Phi) is 3.51. The molecule has 0 saturated heterocycles. The Labute approximate surface area is 89.1 Å². The van der Waals surface area contributed by atoms with E-state index in [-0.39, 0.29) is 18.4 Å². The van der Waals surface area contributed by atoms with E-state index >= 15 is 0 Å². The lowest BCUT2D eigenvalue weighted by Crippen LogP contribution is -2.12. The molecule has 0 aromatic heterocycles. The lowest BCUT2D eigenvalue weighted by Gasteiger charge is -2.08. The number of hydrogen-bond donors (Lipinski definition) is 1. The van der Waals surface area contributed by atoms with Gasteiger partial charge in [0.15, 0.2) is 0 Å². The fraction of sp³-hybridized carbons (Fsp3) is 0.300. The molecule has 0 aliphatic carbocycles. The van der Waals surface area contributed by atoms with E-state index in [1.165, 1.54) is 0 Å². The van der Waals surface area contributed by atoms with Crippen molar-refractivity contribution in [3.05, 3.63) is 35.1 Å². The van der Waals surface area contributed by atoms with Crippen LogP contribution in [0.5, 0.6) is 0 Å². The van der Waals surface area contributed by atoms with Crippen molar-refractivity contribution in [1.29, 1.82) is 0 Å². The molecule has 0 fully saturated rings. The molecule has 1 aromatic rings. The van der Waals surface area contributed by atoms with Gasteiger partial charge in [0.2, 0.25) is 5.91 Å². The molecule has 6 heteroatoms. The predicted molar refractivity (Wildman–Crippen MR) is 48.9 cm³/mol. The Morgan fingerprint density at radius 1 is 1.31 bits per heavy atom. The summed E-state index contributed by atoms with van der Waals surface area (Å²) in [5.74, 6) is -1.60. The highest BCUT2D eigenvalue weighted by atomic mass is 19.4. The molecule has 0 aliphatic heterocycles. The third-order valence-electron chi connectivity index (χ3n) is 2.02. The van der Waals surface area contributed by atoms with Crippen molar-refractivity contribution in [2.24, 2.45) is 5.73 Å². The number of halogens is 4. The van der Waals surface area contributed by atoms with Crippen LogP contribution in [-0.2, 0) is 17.4 Å². The molecule has 0 unspecified atom stereocenters. The lowest BCUT2D eigenvalue weighted by atomic mass is 10.1. The maximum absolute atomic E-state index is 13.2. The SMILES string of the molecule is NC(=O)CCc1ccc(C(F)(F)F)cc1F. The molecule has 2 nitrogen and oxygen atoms in total. The highest BCUT2D eigenvalue weighted by molar-refractivity contribution is 5.74. The second kappa shape index (κ2) is 4.51. The van der Waals surface area contributed by atoms with Gasteiger partial charge < -0.3 is 5.73 Å². The summed E-state index contributed by atoms with van der Waals surface area (Å²) in [5, 5.41) is 0. The number of amides is 1. The monoisotopic (exact) mass is 235 g/mol. The first-order valence-corrected chi connectivity index (χ1v) is 4.44. The van der Waals surface area contributed by atoms with Crippen LogP contribution in [0.1, 0.15) is 17.5 Å². The van der Waals surface area contributed by atoms with E-state index in [9.17, 15) is 22.4 Å². The van der Waals surface area contributed by atoms with Crippen LogP contribution >= 0.6 is 0 Å². The molecule has 1 rings (SSSR count). The van der Waals surface area contributed by atoms with Crippen molar-refractivity contribution in [3.63, 3.8) is 0 Å². The summed E-state index contributed by atoms with van der Waals surface area (Å²) in [5.41, 5.74) is 3.85. The molecule has 1 aromatic carbocycles. The highest BCUT2D eigenvalue weighted by Crippen LogP contribution is 2.30. The number of primary amides is 1. The average molecular weight is 235 g/mol. The fourth-order valence-corrected chi connectivity index (χ4v) is 1.18. The minimum Gasteiger partial charge on any atom is -0.370 e. The van der Waals surface area contributed by atoms with E-state index in [1.54, 1.807) is 0 Å². The molecule has 0 heterocycles. The number of hydrogen-bond acceptors (Lipinski definition) is 1. The van der Waals surface area contributed by atoms with Gasteiger partial charge in [0.1, 0.15) is 5.82 Å². The first-order chi connectivity index (χ1) is 7.30. The third-order valence-corrected chi connectivity index (χ3v) is 2.02. The van der Waals surface area contributed by atoms with Crippen molar-refractivity contribution >= 4 is 5.91 Å². The number of alkyl halides is 3. The Balaban J connectivity index is 2.88. The first kappa shape index (κ1) is 12.5. The Bertz CT molecular complexity index is 400. The summed E-state index contributed by atoms with van der Waals surface area (Å²) < 4.78 is 49.7. The molecular formula is C10H9F4NO. The molecule has 2 N–H and O–H groups in total. The maximum atomic E-state index is 13.2. The van der Waals surface area contributed by atoms with Crippen LogP contribution in [0.15, 0.2) is 18.2 Å². The zero-order valence-electron chi connectivity index (χ0n) is 8.14. The smallest absolute Gasteiger partial charge is 0.370 e. The fourth-order valence-electron chi connectivity index (χ4n) is 1.18. The molecule has 16 heavy (non-hydrogen) atoms. The summed E-state index contributed by atoms with van der Waals surface area (Å²) in [7, 11) is 0. The molecule has 0 spiro atoms. The van der Waals surface area contributed by atoms with E-state index in [2.05, 4.69) is 0 Å². The Morgan fingerprint density at radius 2 is 1.94 bits per heavy atom. The quantitative estimate of drug-likeness (QED) is 0.802. The maximum Gasteiger partial charge on any atom is 0.416 e. The standard InChI is InChI=1S/C10H9F4NO/c11-8-5-7(10(12,13)14)3-1-6(8)2-4-9(15)16/h1,3,5H,2,4H2,(H2,15,16). The largest absolute Gasteiger partial charge is 0.416 e. The minimum absolute atomic E-state index is 0.000691. The molecule has 0 radical (unpaired) electrons. The van der Waals surface area contributed by atoms with Gasteiger partial charge in [-0.3, -0.25) is 4.79 Å². The van der Waals surface area contributed by atoms with Crippen LogP contribution in [-0.4, -0.2) is 5.91 Å². The number of aryl methyl sites for hydroxylation is 1. The van der Waals surface area contributed by atoms with Crippen LogP contribution in [0.2, 0.25) is 0 Å². The molecular weight excluding hydrogens is 226 g/mol. The number of carbonyl (C=O) groups excluding carboxylic acids is 1. The van der Waals surface area contributed by atoms with E-state index < -0.39 is 23.5 Å². The van der Waals surface area contributed by atoms with Gasteiger partial charge in [0.05, 0.1) is 5.56 Å². The number of carbonyl (C=O) groups is 1. The van der Waals surface area contributed by atoms with E-state index in [0.717, 1.165) is 12.1 Å². The normalized spacial score (nSPS) is 11.5.